The highest BCUT2D eigenvalue weighted by molar-refractivity contribution is 14.0. The Morgan fingerprint density at radius 2 is 2.04 bits per heavy atom. The minimum Gasteiger partial charge on any atom is -0.375 e. The lowest BCUT2D eigenvalue weighted by Gasteiger charge is -2.30. The van der Waals surface area contributed by atoms with Crippen LogP contribution in [0.2, 0.25) is 0 Å². The third-order valence-corrected chi connectivity index (χ3v) is 6.33. The first-order valence-corrected chi connectivity index (χ1v) is 11.1. The van der Waals surface area contributed by atoms with E-state index in [1.54, 1.807) is 0 Å². The summed E-state index contributed by atoms with van der Waals surface area (Å²) >= 11 is 0. The van der Waals surface area contributed by atoms with E-state index in [0.29, 0.717) is 31.1 Å². The van der Waals surface area contributed by atoms with Crippen LogP contribution in [0.15, 0.2) is 35.3 Å². The maximum atomic E-state index is 12.1. The first-order valence-electron chi connectivity index (χ1n) is 9.76. The predicted molar refractivity (Wildman–Crippen MR) is 125 cm³/mol. The Hall–Kier alpha value is -0.670. The van der Waals surface area contributed by atoms with Crippen LogP contribution in [0.4, 0.5) is 0 Å². The number of nitrogens with zero attached hydrogens (tertiary/aromatic N) is 1. The van der Waals surface area contributed by atoms with Crippen molar-refractivity contribution >= 4 is 40.7 Å². The summed E-state index contributed by atoms with van der Waals surface area (Å²) in [5, 5.41) is 7.15. The van der Waals surface area contributed by atoms with Crippen LogP contribution in [0.1, 0.15) is 45.1 Å². The highest BCUT2D eigenvalue weighted by Crippen LogP contribution is 2.22. The van der Waals surface area contributed by atoms with Gasteiger partial charge in [0.25, 0.3) is 0 Å². The van der Waals surface area contributed by atoms with E-state index < -0.39 is 10.8 Å². The summed E-state index contributed by atoms with van der Waals surface area (Å²) in [7, 11) is -0.699. The van der Waals surface area contributed by atoms with Gasteiger partial charge in [-0.1, -0.05) is 43.7 Å². The van der Waals surface area contributed by atoms with Gasteiger partial charge in [0.05, 0.1) is 19.8 Å². The molecule has 2 rings (SSSR count). The lowest BCUT2D eigenvalue weighted by atomic mass is 9.95. The topological polar surface area (TPSA) is 62.7 Å². The van der Waals surface area contributed by atoms with Crippen LogP contribution in [0.3, 0.4) is 0 Å². The lowest BCUT2D eigenvalue weighted by molar-refractivity contribution is 0.128. The van der Waals surface area contributed by atoms with Gasteiger partial charge in [-0.3, -0.25) is 9.20 Å². The van der Waals surface area contributed by atoms with Gasteiger partial charge < -0.3 is 15.4 Å². The van der Waals surface area contributed by atoms with E-state index in [1.807, 2.05) is 25.1 Å². The fourth-order valence-corrected chi connectivity index (χ4v) is 4.60. The highest BCUT2D eigenvalue weighted by atomic mass is 127. The maximum Gasteiger partial charge on any atom is 0.191 e. The largest absolute Gasteiger partial charge is 0.375 e. The molecule has 1 saturated carbocycles. The minimum absolute atomic E-state index is 0. The van der Waals surface area contributed by atoms with Gasteiger partial charge >= 0.3 is 0 Å². The van der Waals surface area contributed by atoms with Gasteiger partial charge in [0.1, 0.15) is 0 Å². The van der Waals surface area contributed by atoms with Crippen molar-refractivity contribution in [2.24, 2.45) is 4.99 Å². The van der Waals surface area contributed by atoms with Crippen molar-refractivity contribution in [3.8, 4) is 0 Å². The van der Waals surface area contributed by atoms with Crippen LogP contribution in [0, 0.1) is 0 Å². The zero-order valence-corrected chi connectivity index (χ0v) is 19.6. The molecule has 1 fully saturated rings. The van der Waals surface area contributed by atoms with Gasteiger partial charge in [-0.25, -0.2) is 0 Å². The second-order valence-electron chi connectivity index (χ2n) is 6.60. The van der Waals surface area contributed by atoms with Crippen molar-refractivity contribution in [3.63, 3.8) is 0 Å². The van der Waals surface area contributed by atoms with Gasteiger partial charge in [0.2, 0.25) is 0 Å². The zero-order valence-electron chi connectivity index (χ0n) is 16.5. The van der Waals surface area contributed by atoms with Gasteiger partial charge in [-0.2, -0.15) is 0 Å². The summed E-state index contributed by atoms with van der Waals surface area (Å²) in [6.45, 7) is 6.74. The number of guanidine groups is 1. The molecule has 1 aliphatic rings. The van der Waals surface area contributed by atoms with Crippen molar-refractivity contribution in [2.45, 2.75) is 57.4 Å². The Balaban J connectivity index is 0.00000364. The first kappa shape index (κ1) is 24.4. The number of rotatable bonds is 9. The Morgan fingerprint density at radius 1 is 1.26 bits per heavy atom. The third-order valence-electron chi connectivity index (χ3n) is 4.58. The maximum absolute atomic E-state index is 12.1. The molecular weight excluding hydrogens is 473 g/mol. The molecule has 7 heteroatoms. The van der Waals surface area contributed by atoms with E-state index >= 15 is 0 Å². The van der Waals surface area contributed by atoms with Crippen LogP contribution < -0.4 is 10.6 Å². The monoisotopic (exact) mass is 507 g/mol. The Kier molecular flexibility index (Phi) is 12.9. The number of hydrogen-bond donors (Lipinski definition) is 2. The summed E-state index contributed by atoms with van der Waals surface area (Å²) in [6, 6.07) is 10.5. The average molecular weight is 507 g/mol. The summed E-state index contributed by atoms with van der Waals surface area (Å²) in [4.78, 5) is 4.62. The summed E-state index contributed by atoms with van der Waals surface area (Å²) < 4.78 is 17.8. The molecule has 1 aromatic rings. The molecule has 154 valence electrons. The molecule has 3 unspecified atom stereocenters. The molecule has 0 spiro atoms. The zero-order chi connectivity index (χ0) is 18.6. The number of halogens is 1. The van der Waals surface area contributed by atoms with Gasteiger partial charge in [-0.05, 0) is 31.7 Å². The molecule has 5 nitrogen and oxygen atoms in total. The van der Waals surface area contributed by atoms with Crippen LogP contribution in [-0.2, 0) is 22.1 Å². The molecule has 0 saturated heterocycles. The summed E-state index contributed by atoms with van der Waals surface area (Å²) in [5.41, 5.74) is 1.18. The normalized spacial score (nSPS) is 21.2. The first-order chi connectivity index (χ1) is 12.7. The molecule has 0 aromatic heterocycles. The van der Waals surface area contributed by atoms with E-state index in [0.717, 1.165) is 43.9 Å². The molecule has 1 aliphatic carbocycles. The molecule has 0 amide bonds. The van der Waals surface area contributed by atoms with E-state index in [9.17, 15) is 4.21 Å². The van der Waals surface area contributed by atoms with Crippen molar-refractivity contribution in [1.82, 2.24) is 10.6 Å². The third kappa shape index (κ3) is 9.38. The van der Waals surface area contributed by atoms with Crippen molar-refractivity contribution in [1.29, 1.82) is 0 Å². The fraction of sp³-hybridized carbons (Fsp3) is 0.650. The van der Waals surface area contributed by atoms with Crippen LogP contribution in [0.25, 0.3) is 0 Å². The molecule has 0 heterocycles. The predicted octanol–water partition coefficient (Wildman–Crippen LogP) is 3.46. The minimum atomic E-state index is -0.699. The molecular formula is C20H34IN3O2S. The van der Waals surface area contributed by atoms with Gasteiger partial charge in [0.15, 0.2) is 5.96 Å². The number of benzene rings is 1. The number of ether oxygens (including phenoxy) is 1. The smallest absolute Gasteiger partial charge is 0.191 e. The second kappa shape index (κ2) is 14.3. The Bertz CT molecular complexity index is 572. The number of nitrogens with one attached hydrogen (secondary N) is 2. The molecule has 0 radical (unpaired) electrons. The van der Waals surface area contributed by atoms with Crippen LogP contribution in [-0.4, -0.2) is 46.9 Å². The Labute approximate surface area is 183 Å². The van der Waals surface area contributed by atoms with Gasteiger partial charge in [0, 0.05) is 34.4 Å². The van der Waals surface area contributed by atoms with E-state index in [-0.39, 0.29) is 24.0 Å². The standard InChI is InChI=1S/C20H33N3O2S.HI/c1-3-21-20(22-13-14-25-16-17-9-6-5-7-10-17)23-18-11-8-12-19(15-18)26(24)4-2;/h5-7,9-10,18-19H,3-4,8,11-16H2,1-2H3,(H2,21,22,23);1H. The van der Waals surface area contributed by atoms with E-state index in [4.69, 9.17) is 4.74 Å². The second-order valence-corrected chi connectivity index (χ2v) is 8.60. The van der Waals surface area contributed by atoms with E-state index in [2.05, 4.69) is 34.7 Å². The fourth-order valence-electron chi connectivity index (χ4n) is 3.25. The molecule has 0 aliphatic heterocycles. The Morgan fingerprint density at radius 3 is 2.74 bits per heavy atom. The van der Waals surface area contributed by atoms with Crippen LogP contribution in [0.5, 0.6) is 0 Å². The quantitative estimate of drug-likeness (QED) is 0.233. The molecule has 3 atom stereocenters. The van der Waals surface area contributed by atoms with E-state index in [1.165, 1.54) is 5.56 Å². The molecule has 1 aromatic carbocycles. The van der Waals surface area contributed by atoms with Gasteiger partial charge in [-0.15, -0.1) is 24.0 Å². The van der Waals surface area contributed by atoms with Crippen LogP contribution >= 0.6 is 24.0 Å². The lowest BCUT2D eigenvalue weighted by Crippen LogP contribution is -2.46. The van der Waals surface area contributed by atoms with Crippen molar-refractivity contribution < 1.29 is 8.95 Å². The van der Waals surface area contributed by atoms with Crippen molar-refractivity contribution in [3.05, 3.63) is 35.9 Å². The molecule has 27 heavy (non-hydrogen) atoms. The number of hydrogen-bond acceptors (Lipinski definition) is 3. The summed E-state index contributed by atoms with van der Waals surface area (Å²) in [6.07, 6.45) is 4.30. The summed E-state index contributed by atoms with van der Waals surface area (Å²) in [5.74, 6) is 1.59. The highest BCUT2D eigenvalue weighted by Gasteiger charge is 2.25. The molecule has 0 bridgehead atoms. The van der Waals surface area contributed by atoms with Crippen molar-refractivity contribution in [2.75, 3.05) is 25.4 Å². The SMILES string of the molecule is CCNC(=NCCOCc1ccccc1)NC1CCCC(S(=O)CC)C1.I. The molecule has 2 N–H and O–H groups in total. The average Bonchev–Trinajstić information content (AvgIpc) is 2.68. The number of aliphatic imine (C=N–C) groups is 1.